The minimum atomic E-state index is -4.06. The van der Waals surface area contributed by atoms with Crippen molar-refractivity contribution in [1.82, 2.24) is 9.62 Å². The summed E-state index contributed by atoms with van der Waals surface area (Å²) in [4.78, 5) is 25.9. The number of halogens is 1. The van der Waals surface area contributed by atoms with Gasteiger partial charge in [0, 0.05) is 31.0 Å². The molecule has 10 heteroatoms. The van der Waals surface area contributed by atoms with Gasteiger partial charge >= 0.3 is 12.0 Å². The van der Waals surface area contributed by atoms with Gasteiger partial charge in [-0.1, -0.05) is 41.9 Å². The Morgan fingerprint density at radius 3 is 2.29 bits per heavy atom. The number of ether oxygens (including phenoxy) is 1. The molecule has 0 saturated carbocycles. The van der Waals surface area contributed by atoms with Crippen LogP contribution in [0.3, 0.4) is 0 Å². The second-order valence-electron chi connectivity index (χ2n) is 7.09. The summed E-state index contributed by atoms with van der Waals surface area (Å²) in [5.74, 6) is -0.532. The smallest absolute Gasteiger partial charge is 0.331 e. The third kappa shape index (κ3) is 5.75. The lowest BCUT2D eigenvalue weighted by Gasteiger charge is -2.36. The van der Waals surface area contributed by atoms with Gasteiger partial charge in [0.05, 0.1) is 11.3 Å². The lowest BCUT2D eigenvalue weighted by molar-refractivity contribution is -0.156. The molecule has 162 valence electrons. The van der Waals surface area contributed by atoms with Gasteiger partial charge in [-0.3, -0.25) is 4.79 Å². The Hall–Kier alpha value is -3.09. The molecule has 0 aliphatic carbocycles. The summed E-state index contributed by atoms with van der Waals surface area (Å²) in [6, 6.07) is 15.6. The van der Waals surface area contributed by atoms with Crippen LogP contribution in [0, 0.1) is 11.3 Å². The van der Waals surface area contributed by atoms with E-state index >= 15 is 0 Å². The summed E-state index contributed by atoms with van der Waals surface area (Å²) < 4.78 is 32.2. The van der Waals surface area contributed by atoms with E-state index in [1.807, 2.05) is 16.9 Å². The van der Waals surface area contributed by atoms with Gasteiger partial charge in [-0.15, -0.1) is 0 Å². The van der Waals surface area contributed by atoms with Crippen molar-refractivity contribution < 1.29 is 22.7 Å². The molecule has 1 fully saturated rings. The minimum absolute atomic E-state index is 0.0355. The summed E-state index contributed by atoms with van der Waals surface area (Å²) in [6.07, 6.45) is 0.199. The lowest BCUT2D eigenvalue weighted by atomic mass is 9.92. The van der Waals surface area contributed by atoms with Gasteiger partial charge in [-0.2, -0.15) is 5.26 Å². The maximum atomic E-state index is 12.4. The molecule has 1 aliphatic rings. The van der Waals surface area contributed by atoms with E-state index in [9.17, 15) is 23.3 Å². The number of hydrogen-bond donors (Lipinski definition) is 1. The van der Waals surface area contributed by atoms with Crippen molar-refractivity contribution in [1.29, 1.82) is 5.26 Å². The molecule has 1 heterocycles. The first-order valence-corrected chi connectivity index (χ1v) is 11.3. The van der Waals surface area contributed by atoms with Gasteiger partial charge in [0.1, 0.15) is 6.07 Å². The summed E-state index contributed by atoms with van der Waals surface area (Å²) in [7, 11) is -4.06. The van der Waals surface area contributed by atoms with Crippen molar-refractivity contribution in [3.05, 3.63) is 65.2 Å². The van der Waals surface area contributed by atoms with E-state index in [1.165, 1.54) is 29.2 Å². The predicted octanol–water partition coefficient (Wildman–Crippen LogP) is 2.88. The molecule has 0 atom stereocenters. The van der Waals surface area contributed by atoms with Crippen molar-refractivity contribution in [2.24, 2.45) is 0 Å². The number of likely N-dealkylation sites (tertiary alicyclic amines) is 1. The van der Waals surface area contributed by atoms with Crippen molar-refractivity contribution in [3.63, 3.8) is 0 Å². The Bertz CT molecular complexity index is 1090. The molecule has 2 aromatic carbocycles. The first-order chi connectivity index (χ1) is 14.7. The van der Waals surface area contributed by atoms with E-state index in [4.69, 9.17) is 16.3 Å². The molecule has 1 N–H and O–H groups in total. The van der Waals surface area contributed by atoms with Gasteiger partial charge in [-0.25, -0.2) is 17.9 Å². The van der Waals surface area contributed by atoms with Crippen molar-refractivity contribution in [2.45, 2.75) is 29.8 Å². The Morgan fingerprint density at radius 1 is 1.10 bits per heavy atom. The number of piperidine rings is 1. The van der Waals surface area contributed by atoms with Gasteiger partial charge < -0.3 is 9.64 Å². The Kier molecular flexibility index (Phi) is 6.83. The molecule has 0 spiro atoms. The molecule has 0 radical (unpaired) electrons. The lowest BCUT2D eigenvalue weighted by Crippen LogP contribution is -2.51. The van der Waals surface area contributed by atoms with Crippen LogP contribution in [-0.2, 0) is 26.0 Å². The first-order valence-electron chi connectivity index (χ1n) is 9.47. The number of hydrogen-bond acceptors (Lipinski definition) is 6. The number of nitrogens with zero attached hydrogens (tertiary/aromatic N) is 2. The molecule has 31 heavy (non-hydrogen) atoms. The van der Waals surface area contributed by atoms with Crippen LogP contribution in [0.1, 0.15) is 18.4 Å². The molecule has 0 bridgehead atoms. The van der Waals surface area contributed by atoms with Crippen molar-refractivity contribution in [2.75, 3.05) is 13.1 Å². The predicted molar refractivity (Wildman–Crippen MR) is 113 cm³/mol. The maximum Gasteiger partial charge on any atom is 0.331 e. The van der Waals surface area contributed by atoms with E-state index in [0.29, 0.717) is 5.02 Å². The van der Waals surface area contributed by atoms with E-state index < -0.39 is 27.6 Å². The highest BCUT2D eigenvalue weighted by atomic mass is 35.5. The fourth-order valence-corrected chi connectivity index (χ4v) is 4.27. The summed E-state index contributed by atoms with van der Waals surface area (Å²) in [6.45, 7) is 0.127. The maximum absolute atomic E-state index is 12.4. The second-order valence-corrected chi connectivity index (χ2v) is 9.21. The number of carbonyl (C=O) groups is 2. The number of esters is 1. The highest BCUT2D eigenvalue weighted by Crippen LogP contribution is 2.27. The molecule has 2 amide bonds. The van der Waals surface area contributed by atoms with E-state index in [2.05, 4.69) is 0 Å². The number of nitrogens with one attached hydrogen (secondary N) is 1. The number of benzene rings is 2. The minimum Gasteiger partial charge on any atom is -0.443 e. The summed E-state index contributed by atoms with van der Waals surface area (Å²) in [5, 5.41) is 9.96. The Morgan fingerprint density at radius 2 is 1.71 bits per heavy atom. The number of carbonyl (C=O) groups excluding carboxylic acids is 2. The van der Waals surface area contributed by atoms with E-state index in [0.717, 1.165) is 5.56 Å². The number of rotatable bonds is 5. The van der Waals surface area contributed by atoms with Crippen LogP contribution in [0.25, 0.3) is 0 Å². The Balaban J connectivity index is 1.58. The van der Waals surface area contributed by atoms with Gasteiger partial charge in [0.15, 0.2) is 0 Å². The fraction of sp³-hybridized carbons (Fsp3) is 0.286. The monoisotopic (exact) mass is 461 g/mol. The van der Waals surface area contributed by atoms with Crippen LogP contribution in [0.5, 0.6) is 0 Å². The van der Waals surface area contributed by atoms with Gasteiger partial charge in [-0.05, 0) is 29.8 Å². The number of nitriles is 1. The summed E-state index contributed by atoms with van der Waals surface area (Å²) >= 11 is 5.76. The van der Waals surface area contributed by atoms with E-state index in [1.54, 1.807) is 24.3 Å². The van der Waals surface area contributed by atoms with E-state index in [-0.39, 0.29) is 37.2 Å². The Labute approximate surface area is 185 Å². The topological polar surface area (TPSA) is 117 Å². The van der Waals surface area contributed by atoms with Crippen LogP contribution in [-0.4, -0.2) is 44.0 Å². The average Bonchev–Trinajstić information content (AvgIpc) is 2.75. The molecule has 1 aliphatic heterocycles. The highest BCUT2D eigenvalue weighted by molar-refractivity contribution is 7.90. The molecule has 1 saturated heterocycles. The third-order valence-electron chi connectivity index (χ3n) is 4.91. The highest BCUT2D eigenvalue weighted by Gasteiger charge is 2.40. The average molecular weight is 462 g/mol. The molecular formula is C21H20ClN3O5S. The molecular weight excluding hydrogens is 442 g/mol. The van der Waals surface area contributed by atoms with Crippen LogP contribution >= 0.6 is 11.6 Å². The molecule has 8 nitrogen and oxygen atoms in total. The first kappa shape index (κ1) is 22.6. The van der Waals surface area contributed by atoms with Crippen LogP contribution < -0.4 is 4.72 Å². The molecule has 2 aromatic rings. The van der Waals surface area contributed by atoms with Crippen molar-refractivity contribution in [3.8, 4) is 6.07 Å². The number of urea groups is 1. The molecule has 3 rings (SSSR count). The zero-order valence-electron chi connectivity index (χ0n) is 16.5. The van der Waals surface area contributed by atoms with Crippen LogP contribution in [0.4, 0.5) is 4.79 Å². The zero-order chi connectivity index (χ0) is 22.5. The van der Waals surface area contributed by atoms with Gasteiger partial charge in [0.25, 0.3) is 10.0 Å². The second kappa shape index (κ2) is 9.37. The summed E-state index contributed by atoms with van der Waals surface area (Å²) in [5.41, 5.74) is -0.581. The normalized spacial score (nSPS) is 15.5. The van der Waals surface area contributed by atoms with Crippen LogP contribution in [0.15, 0.2) is 59.5 Å². The SMILES string of the molecule is N#CC1(OC(=O)Cc2ccccc2)CCN(C(=O)NS(=O)(=O)c2ccc(Cl)cc2)CC1. The number of amides is 2. The quantitative estimate of drug-likeness (QED) is 0.684. The van der Waals surface area contributed by atoms with Crippen molar-refractivity contribution >= 4 is 33.6 Å². The van der Waals surface area contributed by atoms with Gasteiger partial charge in [0.2, 0.25) is 5.60 Å². The third-order valence-corrected chi connectivity index (χ3v) is 6.50. The molecule has 0 aromatic heterocycles. The van der Waals surface area contributed by atoms with Crippen LogP contribution in [0.2, 0.25) is 5.02 Å². The zero-order valence-corrected chi connectivity index (χ0v) is 18.0. The molecule has 0 unspecified atom stereocenters. The standard InChI is InChI=1S/C21H20ClN3O5S/c22-17-6-8-18(9-7-17)31(28,29)24-20(27)25-12-10-21(15-23,11-13-25)30-19(26)14-16-4-2-1-3-5-16/h1-9H,10-14H2,(H,24,27). The number of sulfonamides is 1. The largest absolute Gasteiger partial charge is 0.443 e. The fourth-order valence-electron chi connectivity index (χ4n) is 3.18.